The van der Waals surface area contributed by atoms with Crippen molar-refractivity contribution in [2.24, 2.45) is 0 Å². The molecule has 0 saturated carbocycles. The minimum Gasteiger partial charge on any atom is -0.359 e. The summed E-state index contributed by atoms with van der Waals surface area (Å²) in [5.74, 6) is -0.0195. The Morgan fingerprint density at radius 3 is 2.91 bits per heavy atom. The second kappa shape index (κ2) is 6.01. The van der Waals surface area contributed by atoms with Crippen LogP contribution in [-0.2, 0) is 11.2 Å². The molecule has 114 valence electrons. The van der Waals surface area contributed by atoms with E-state index in [1.165, 1.54) is 5.56 Å². The molecule has 0 aromatic heterocycles. The number of nitrogens with one attached hydrogen (secondary N) is 1. The number of carbonyl (C=O) groups excluding carboxylic acids is 1. The molecule has 0 bridgehead atoms. The Morgan fingerprint density at radius 1 is 1.32 bits per heavy atom. The molecule has 1 aliphatic heterocycles. The number of amides is 1. The van der Waals surface area contributed by atoms with Crippen LogP contribution in [-0.4, -0.2) is 18.5 Å². The van der Waals surface area contributed by atoms with Crippen molar-refractivity contribution in [2.45, 2.75) is 26.3 Å². The molecule has 0 saturated heterocycles. The molecule has 1 aliphatic rings. The van der Waals surface area contributed by atoms with Gasteiger partial charge in [-0.2, -0.15) is 0 Å². The summed E-state index contributed by atoms with van der Waals surface area (Å²) in [4.78, 5) is 14.5. The molecule has 0 unspecified atom stereocenters. The van der Waals surface area contributed by atoms with Crippen LogP contribution in [0, 0.1) is 6.92 Å². The minimum absolute atomic E-state index is 0.0195. The van der Waals surface area contributed by atoms with Crippen molar-refractivity contribution in [1.29, 1.82) is 0 Å². The first kappa shape index (κ1) is 14.9. The molecule has 3 rings (SSSR count). The standard InChI is InChI=1S/C18H19ClN2O/c1-12-7-8-15(19)10-16(12)20-18(22)11-21-13(2)9-14-5-3-4-6-17(14)21/h3-8,10,13H,9,11H2,1-2H3,(H,20,22)/t13-/m1/s1. The van der Waals surface area contributed by atoms with Gasteiger partial charge in [-0.3, -0.25) is 4.79 Å². The zero-order valence-corrected chi connectivity index (χ0v) is 13.5. The molecule has 0 aliphatic carbocycles. The van der Waals surface area contributed by atoms with E-state index in [0.717, 1.165) is 23.4 Å². The number of aryl methyl sites for hydroxylation is 1. The topological polar surface area (TPSA) is 32.3 Å². The van der Waals surface area contributed by atoms with Crippen LogP contribution in [0.1, 0.15) is 18.1 Å². The van der Waals surface area contributed by atoms with E-state index in [9.17, 15) is 4.79 Å². The molecule has 0 spiro atoms. The molecular weight excluding hydrogens is 296 g/mol. The van der Waals surface area contributed by atoms with Crippen LogP contribution in [0.15, 0.2) is 42.5 Å². The number of rotatable bonds is 3. The van der Waals surface area contributed by atoms with E-state index in [1.54, 1.807) is 6.07 Å². The van der Waals surface area contributed by atoms with Crippen molar-refractivity contribution >= 4 is 28.9 Å². The van der Waals surface area contributed by atoms with E-state index in [1.807, 2.05) is 31.2 Å². The normalized spacial score (nSPS) is 16.5. The number of fused-ring (bicyclic) bond motifs is 1. The zero-order chi connectivity index (χ0) is 15.7. The fourth-order valence-corrected chi connectivity index (χ4v) is 3.12. The van der Waals surface area contributed by atoms with E-state index in [2.05, 4.69) is 29.3 Å². The second-order valence-corrected chi connectivity index (χ2v) is 6.25. The molecule has 4 heteroatoms. The minimum atomic E-state index is -0.0195. The summed E-state index contributed by atoms with van der Waals surface area (Å²) in [6.45, 7) is 4.46. The molecule has 2 aromatic rings. The fourth-order valence-electron chi connectivity index (χ4n) is 2.94. The van der Waals surface area contributed by atoms with Gasteiger partial charge in [0.1, 0.15) is 0 Å². The highest BCUT2D eigenvalue weighted by molar-refractivity contribution is 6.31. The van der Waals surface area contributed by atoms with Crippen molar-refractivity contribution < 1.29 is 4.79 Å². The maximum absolute atomic E-state index is 12.4. The van der Waals surface area contributed by atoms with Crippen molar-refractivity contribution in [3.05, 3.63) is 58.6 Å². The molecular formula is C18H19ClN2O. The third kappa shape index (κ3) is 2.95. The molecule has 2 aromatic carbocycles. The van der Waals surface area contributed by atoms with Crippen LogP contribution in [0.4, 0.5) is 11.4 Å². The maximum atomic E-state index is 12.4. The summed E-state index contributed by atoms with van der Waals surface area (Å²) >= 11 is 6.00. The van der Waals surface area contributed by atoms with Gasteiger partial charge in [-0.05, 0) is 49.6 Å². The number of benzene rings is 2. The SMILES string of the molecule is Cc1ccc(Cl)cc1NC(=O)CN1c2ccccc2C[C@H]1C. The Labute approximate surface area is 135 Å². The molecule has 1 atom stereocenters. The number of nitrogens with zero attached hydrogens (tertiary/aromatic N) is 1. The quantitative estimate of drug-likeness (QED) is 0.927. The summed E-state index contributed by atoms with van der Waals surface area (Å²) in [5.41, 5.74) is 4.25. The van der Waals surface area contributed by atoms with Gasteiger partial charge in [0.15, 0.2) is 0 Å². The Bertz CT molecular complexity index is 714. The predicted octanol–water partition coefficient (Wildman–Crippen LogP) is 4.04. The average molecular weight is 315 g/mol. The summed E-state index contributed by atoms with van der Waals surface area (Å²) in [6, 6.07) is 14.1. The van der Waals surface area contributed by atoms with Crippen LogP contribution >= 0.6 is 11.6 Å². The van der Waals surface area contributed by atoms with Gasteiger partial charge < -0.3 is 10.2 Å². The monoisotopic (exact) mass is 314 g/mol. The van der Waals surface area contributed by atoms with E-state index in [-0.39, 0.29) is 5.91 Å². The molecule has 22 heavy (non-hydrogen) atoms. The van der Waals surface area contributed by atoms with Crippen molar-refractivity contribution in [3.8, 4) is 0 Å². The molecule has 1 N–H and O–H groups in total. The van der Waals surface area contributed by atoms with Crippen LogP contribution < -0.4 is 10.2 Å². The highest BCUT2D eigenvalue weighted by atomic mass is 35.5. The van der Waals surface area contributed by atoms with Crippen molar-refractivity contribution in [1.82, 2.24) is 0 Å². The number of halogens is 1. The second-order valence-electron chi connectivity index (χ2n) is 5.82. The van der Waals surface area contributed by atoms with Gasteiger partial charge in [-0.25, -0.2) is 0 Å². The lowest BCUT2D eigenvalue weighted by molar-refractivity contribution is -0.115. The summed E-state index contributed by atoms with van der Waals surface area (Å²) in [6.07, 6.45) is 0.986. The van der Waals surface area contributed by atoms with E-state index in [0.29, 0.717) is 17.6 Å². The Morgan fingerprint density at radius 2 is 2.09 bits per heavy atom. The number of para-hydroxylation sites is 1. The lowest BCUT2D eigenvalue weighted by Gasteiger charge is -2.24. The number of carbonyl (C=O) groups is 1. The van der Waals surface area contributed by atoms with Crippen molar-refractivity contribution in [3.63, 3.8) is 0 Å². The molecule has 0 radical (unpaired) electrons. The Kier molecular flexibility index (Phi) is 4.08. The van der Waals surface area contributed by atoms with E-state index < -0.39 is 0 Å². The van der Waals surface area contributed by atoms with Gasteiger partial charge in [0.2, 0.25) is 5.91 Å². The molecule has 0 fully saturated rings. The first-order valence-corrected chi connectivity index (χ1v) is 7.83. The smallest absolute Gasteiger partial charge is 0.243 e. The van der Waals surface area contributed by atoms with E-state index in [4.69, 9.17) is 11.6 Å². The lowest BCUT2D eigenvalue weighted by Crippen LogP contribution is -2.37. The van der Waals surface area contributed by atoms with Gasteiger partial charge in [0.25, 0.3) is 0 Å². The first-order chi connectivity index (χ1) is 10.5. The first-order valence-electron chi connectivity index (χ1n) is 7.45. The van der Waals surface area contributed by atoms with Gasteiger partial charge in [-0.15, -0.1) is 0 Å². The maximum Gasteiger partial charge on any atom is 0.243 e. The largest absolute Gasteiger partial charge is 0.359 e. The van der Waals surface area contributed by atoms with Gasteiger partial charge in [0.05, 0.1) is 6.54 Å². The molecule has 1 amide bonds. The Hall–Kier alpha value is -2.00. The summed E-state index contributed by atoms with van der Waals surface area (Å²) in [7, 11) is 0. The average Bonchev–Trinajstić information content (AvgIpc) is 2.79. The molecule has 3 nitrogen and oxygen atoms in total. The highest BCUT2D eigenvalue weighted by Crippen LogP contribution is 2.31. The van der Waals surface area contributed by atoms with Crippen LogP contribution in [0.25, 0.3) is 0 Å². The third-order valence-corrected chi connectivity index (χ3v) is 4.37. The van der Waals surface area contributed by atoms with Crippen molar-refractivity contribution in [2.75, 3.05) is 16.8 Å². The summed E-state index contributed by atoms with van der Waals surface area (Å²) < 4.78 is 0. The van der Waals surface area contributed by atoms with Gasteiger partial charge >= 0.3 is 0 Å². The number of hydrogen-bond acceptors (Lipinski definition) is 2. The number of hydrogen-bond donors (Lipinski definition) is 1. The fraction of sp³-hybridized carbons (Fsp3) is 0.278. The van der Waals surface area contributed by atoms with Crippen LogP contribution in [0.3, 0.4) is 0 Å². The number of anilines is 2. The highest BCUT2D eigenvalue weighted by Gasteiger charge is 2.27. The Balaban J connectivity index is 1.73. The van der Waals surface area contributed by atoms with Crippen LogP contribution in [0.5, 0.6) is 0 Å². The van der Waals surface area contributed by atoms with Gasteiger partial charge in [-0.1, -0.05) is 35.9 Å². The van der Waals surface area contributed by atoms with E-state index >= 15 is 0 Å². The van der Waals surface area contributed by atoms with Crippen LogP contribution in [0.2, 0.25) is 5.02 Å². The predicted molar refractivity (Wildman–Crippen MR) is 91.8 cm³/mol. The third-order valence-electron chi connectivity index (χ3n) is 4.14. The molecule has 1 heterocycles. The van der Waals surface area contributed by atoms with Gasteiger partial charge in [0, 0.05) is 22.4 Å². The summed E-state index contributed by atoms with van der Waals surface area (Å²) in [5, 5.41) is 3.59. The zero-order valence-electron chi connectivity index (χ0n) is 12.8. The lowest BCUT2D eigenvalue weighted by atomic mass is 10.1.